The molecular weight excluding hydrogens is 566 g/mol. The normalized spacial score (nSPS) is 47.0. The minimum absolute atomic E-state index is 0.712. The van der Waals surface area contributed by atoms with Crippen molar-refractivity contribution in [3.63, 3.8) is 0 Å². The summed E-state index contributed by atoms with van der Waals surface area (Å²) in [4.78, 5) is 11.8. The van der Waals surface area contributed by atoms with Crippen LogP contribution >= 0.6 is 0 Å². The van der Waals surface area contributed by atoms with Crippen molar-refractivity contribution in [2.45, 2.75) is 111 Å². The van der Waals surface area contributed by atoms with E-state index < -0.39 is 130 Å². The number of hydrogen-bond acceptors (Lipinski definition) is 18. The monoisotopic (exact) mass is 605 g/mol. The smallest absolute Gasteiger partial charge is 0.217 e. The van der Waals surface area contributed by atoms with Crippen molar-refractivity contribution in [2.24, 2.45) is 0 Å². The van der Waals surface area contributed by atoms with Crippen LogP contribution in [-0.4, -0.2) is 191 Å². The average Bonchev–Trinajstić information content (AvgIpc) is 2.94. The summed E-state index contributed by atoms with van der Waals surface area (Å²) in [6, 6.07) is -1.53. The van der Waals surface area contributed by atoms with Crippen LogP contribution in [0.1, 0.15) is 6.92 Å². The van der Waals surface area contributed by atoms with E-state index in [1.165, 1.54) is 0 Å². The van der Waals surface area contributed by atoms with E-state index in [2.05, 4.69) is 5.32 Å². The third-order valence-electron chi connectivity index (χ3n) is 7.15. The average molecular weight is 606 g/mol. The van der Waals surface area contributed by atoms with Gasteiger partial charge in [0, 0.05) is 6.92 Å². The van der Waals surface area contributed by atoms with Crippen molar-refractivity contribution in [2.75, 3.05) is 19.8 Å². The van der Waals surface area contributed by atoms with Crippen LogP contribution in [-0.2, 0) is 28.5 Å². The molecule has 0 aromatic rings. The van der Waals surface area contributed by atoms with Gasteiger partial charge in [0.15, 0.2) is 18.9 Å². The minimum atomic E-state index is -2.07. The Morgan fingerprint density at radius 2 is 1.27 bits per heavy atom. The summed E-state index contributed by atoms with van der Waals surface area (Å²) < 4.78 is 27.3. The SMILES string of the molecule is CC(=O)N[C@H]1C(O[C@@H]2C(O[C@H]3[C@H](O)[C@@H]([C@@H](O)CO)OC(O)[C@H]3O)O[C@H]([C@@H](O)CO)[C@@H](O)[C@@H]2O)O[C@H](CO)[C@@H](O)[C@@H]1O. The molecule has 3 saturated heterocycles. The van der Waals surface area contributed by atoms with Crippen molar-refractivity contribution in [3.8, 4) is 0 Å². The fraction of sp³-hybridized carbons (Fsp3) is 0.955. The van der Waals surface area contributed by atoms with E-state index in [1.807, 2.05) is 0 Å². The molecule has 3 heterocycles. The number of nitrogens with one attached hydrogen (secondary N) is 1. The number of amides is 1. The molecule has 1 amide bonds. The maximum atomic E-state index is 11.8. The van der Waals surface area contributed by atoms with Crippen LogP contribution in [0.5, 0.6) is 0 Å². The van der Waals surface area contributed by atoms with Crippen LogP contribution in [0.3, 0.4) is 0 Å². The van der Waals surface area contributed by atoms with Crippen molar-refractivity contribution in [3.05, 3.63) is 0 Å². The zero-order valence-corrected chi connectivity index (χ0v) is 21.8. The van der Waals surface area contributed by atoms with E-state index in [-0.39, 0.29) is 0 Å². The van der Waals surface area contributed by atoms with Gasteiger partial charge in [-0.3, -0.25) is 4.79 Å². The Balaban J connectivity index is 1.96. The van der Waals surface area contributed by atoms with Gasteiger partial charge < -0.3 is 90.3 Å². The number of hydrogen-bond donors (Lipinski definition) is 13. The zero-order chi connectivity index (χ0) is 30.8. The van der Waals surface area contributed by atoms with Crippen LogP contribution in [0.2, 0.25) is 0 Å². The first-order valence-corrected chi connectivity index (χ1v) is 12.8. The Morgan fingerprint density at radius 1 is 0.707 bits per heavy atom. The Hall–Kier alpha value is -1.21. The van der Waals surface area contributed by atoms with E-state index in [0.29, 0.717) is 0 Å². The number of ether oxygens (including phenoxy) is 5. The first-order valence-electron chi connectivity index (χ1n) is 12.8. The van der Waals surface area contributed by atoms with Gasteiger partial charge in [-0.25, -0.2) is 0 Å². The van der Waals surface area contributed by atoms with E-state index in [4.69, 9.17) is 23.7 Å². The molecule has 3 fully saturated rings. The summed E-state index contributed by atoms with van der Waals surface area (Å²) in [6.07, 6.45) is -29.6. The molecule has 0 saturated carbocycles. The van der Waals surface area contributed by atoms with E-state index in [9.17, 15) is 66.1 Å². The lowest BCUT2D eigenvalue weighted by molar-refractivity contribution is -0.386. The maximum absolute atomic E-state index is 11.8. The quantitative estimate of drug-likeness (QED) is 0.110. The van der Waals surface area contributed by atoms with Crippen LogP contribution in [0.15, 0.2) is 0 Å². The molecule has 17 atom stereocenters. The predicted octanol–water partition coefficient (Wildman–Crippen LogP) is -8.71. The molecule has 0 spiro atoms. The third-order valence-corrected chi connectivity index (χ3v) is 7.15. The molecule has 13 N–H and O–H groups in total. The van der Waals surface area contributed by atoms with Crippen molar-refractivity contribution in [1.82, 2.24) is 5.32 Å². The highest BCUT2D eigenvalue weighted by atomic mass is 16.8. The number of carbonyl (C=O) groups is 1. The lowest BCUT2D eigenvalue weighted by Crippen LogP contribution is -2.69. The van der Waals surface area contributed by atoms with Gasteiger partial charge in [0.25, 0.3) is 0 Å². The second-order valence-electron chi connectivity index (χ2n) is 10.1. The van der Waals surface area contributed by atoms with E-state index >= 15 is 0 Å². The van der Waals surface area contributed by atoms with Crippen LogP contribution in [0.4, 0.5) is 0 Å². The molecule has 240 valence electrons. The van der Waals surface area contributed by atoms with Crippen LogP contribution < -0.4 is 5.32 Å². The number of aliphatic hydroxyl groups is 12. The molecule has 3 aliphatic rings. The second-order valence-corrected chi connectivity index (χ2v) is 10.1. The molecule has 0 aromatic carbocycles. The van der Waals surface area contributed by atoms with Crippen molar-refractivity contribution >= 4 is 5.91 Å². The van der Waals surface area contributed by atoms with Crippen LogP contribution in [0.25, 0.3) is 0 Å². The standard InChI is InChI=1S/C22H39NO18/c1-5(27)23-9-11(31)10(30)8(4-26)37-21(9)41-19-13(33)12(32)16(6(28)2-24)39-22(19)40-18-14(34)17(7(29)3-25)38-20(36)15(18)35/h6-22,24-26,28-36H,2-4H2,1H3,(H,23,27)/t6-,7-,8+,9+,10+,11+,12-,13-,14+,15-,16+,17+,18-,19-,20?,21?,22?/m0/s1. The van der Waals surface area contributed by atoms with Gasteiger partial charge in [-0.2, -0.15) is 0 Å². The molecule has 0 aromatic heterocycles. The molecule has 0 aliphatic carbocycles. The van der Waals surface area contributed by atoms with Gasteiger partial charge in [-0.1, -0.05) is 0 Å². The van der Waals surface area contributed by atoms with Gasteiger partial charge in [-0.05, 0) is 0 Å². The summed E-state index contributed by atoms with van der Waals surface area (Å²) >= 11 is 0. The summed E-state index contributed by atoms with van der Waals surface area (Å²) in [6.45, 7) is -1.64. The van der Waals surface area contributed by atoms with Gasteiger partial charge in [0.2, 0.25) is 5.91 Å². The Morgan fingerprint density at radius 3 is 1.80 bits per heavy atom. The summed E-state index contributed by atoms with van der Waals surface area (Å²) in [5, 5.41) is 124. The van der Waals surface area contributed by atoms with Gasteiger partial charge in [0.05, 0.1) is 19.8 Å². The highest BCUT2D eigenvalue weighted by Gasteiger charge is 2.55. The van der Waals surface area contributed by atoms with E-state index in [0.717, 1.165) is 6.92 Å². The minimum Gasteiger partial charge on any atom is -0.394 e. The molecule has 3 rings (SSSR count). The first kappa shape index (κ1) is 34.3. The first-order chi connectivity index (χ1) is 19.3. The lowest BCUT2D eigenvalue weighted by Gasteiger charge is -2.49. The zero-order valence-electron chi connectivity index (χ0n) is 21.8. The Bertz CT molecular complexity index is 840. The Labute approximate surface area is 232 Å². The molecule has 41 heavy (non-hydrogen) atoms. The summed E-state index contributed by atoms with van der Waals surface area (Å²) in [7, 11) is 0. The third kappa shape index (κ3) is 7.30. The molecule has 19 heteroatoms. The van der Waals surface area contributed by atoms with Crippen molar-refractivity contribution in [1.29, 1.82) is 0 Å². The van der Waals surface area contributed by atoms with Gasteiger partial charge in [0.1, 0.15) is 85.4 Å². The lowest BCUT2D eigenvalue weighted by atomic mass is 9.93. The highest BCUT2D eigenvalue weighted by Crippen LogP contribution is 2.34. The fourth-order valence-corrected chi connectivity index (χ4v) is 4.89. The van der Waals surface area contributed by atoms with Crippen LogP contribution in [0, 0.1) is 0 Å². The topological polar surface area (TPSA) is 318 Å². The molecule has 3 unspecified atom stereocenters. The summed E-state index contributed by atoms with van der Waals surface area (Å²) in [5.41, 5.74) is 0. The fourth-order valence-electron chi connectivity index (χ4n) is 4.89. The summed E-state index contributed by atoms with van der Waals surface area (Å²) in [5.74, 6) is -0.712. The highest BCUT2D eigenvalue weighted by molar-refractivity contribution is 5.73. The predicted molar refractivity (Wildman–Crippen MR) is 125 cm³/mol. The van der Waals surface area contributed by atoms with Gasteiger partial charge in [-0.15, -0.1) is 0 Å². The number of carbonyl (C=O) groups excluding carboxylic acids is 1. The second kappa shape index (κ2) is 14.5. The molecule has 3 aliphatic heterocycles. The molecular formula is C22H39NO18. The largest absolute Gasteiger partial charge is 0.394 e. The van der Waals surface area contributed by atoms with Gasteiger partial charge >= 0.3 is 0 Å². The van der Waals surface area contributed by atoms with E-state index in [1.54, 1.807) is 0 Å². The molecule has 0 bridgehead atoms. The Kier molecular flexibility index (Phi) is 12.1. The van der Waals surface area contributed by atoms with Crippen molar-refractivity contribution < 1.29 is 89.8 Å². The molecule has 19 nitrogen and oxygen atoms in total. The number of rotatable bonds is 10. The maximum Gasteiger partial charge on any atom is 0.217 e. The number of aliphatic hydroxyl groups excluding tert-OH is 12. The molecule has 0 radical (unpaired) electrons.